The second-order valence-electron chi connectivity index (χ2n) is 10.5. The van der Waals surface area contributed by atoms with Gasteiger partial charge in [0.1, 0.15) is 6.04 Å². The maximum atomic E-state index is 13.9. The van der Waals surface area contributed by atoms with Crippen LogP contribution in [0.2, 0.25) is 15.1 Å². The first kappa shape index (κ1) is 33.7. The van der Waals surface area contributed by atoms with E-state index >= 15 is 0 Å². The molecule has 0 radical (unpaired) electrons. The van der Waals surface area contributed by atoms with Crippen molar-refractivity contribution in [2.45, 2.75) is 45.7 Å². The maximum absolute atomic E-state index is 13.9. The number of anilines is 1. The molecule has 0 saturated heterocycles. The number of sulfonamides is 1. The Labute approximate surface area is 263 Å². The highest BCUT2D eigenvalue weighted by Gasteiger charge is 2.31. The number of carbonyl (C=O) groups is 2. The van der Waals surface area contributed by atoms with Gasteiger partial charge in [0.2, 0.25) is 21.8 Å². The van der Waals surface area contributed by atoms with Crippen molar-refractivity contribution < 1.29 is 18.0 Å². The summed E-state index contributed by atoms with van der Waals surface area (Å²) in [6, 6.07) is 20.4. The van der Waals surface area contributed by atoms with E-state index in [2.05, 4.69) is 5.32 Å². The molecule has 226 valence electrons. The molecular formula is C31H36Cl3N3O4S. The molecule has 0 saturated carbocycles. The van der Waals surface area contributed by atoms with Crippen LogP contribution in [0.4, 0.5) is 5.69 Å². The Morgan fingerprint density at radius 3 is 2.21 bits per heavy atom. The third-order valence-electron chi connectivity index (χ3n) is 6.58. The number of carbonyl (C=O) groups excluding carboxylic acids is 2. The molecule has 11 heteroatoms. The third kappa shape index (κ3) is 9.90. The van der Waals surface area contributed by atoms with E-state index in [0.29, 0.717) is 28.6 Å². The van der Waals surface area contributed by atoms with Gasteiger partial charge in [-0.3, -0.25) is 13.9 Å². The van der Waals surface area contributed by atoms with Crippen molar-refractivity contribution in [3.63, 3.8) is 0 Å². The topological polar surface area (TPSA) is 86.8 Å². The number of hydrogen-bond acceptors (Lipinski definition) is 4. The SMILES string of the molecule is CC(C)CNC(=O)[C@H](Cc1ccccc1)N(Cc1ccccc1Cl)C(=O)CCCN(c1cc(Cl)ccc1Cl)S(C)(=O)=O. The molecule has 0 aliphatic heterocycles. The molecule has 0 heterocycles. The number of rotatable bonds is 14. The lowest BCUT2D eigenvalue weighted by molar-refractivity contribution is -0.141. The van der Waals surface area contributed by atoms with Crippen molar-refractivity contribution in [2.75, 3.05) is 23.7 Å². The summed E-state index contributed by atoms with van der Waals surface area (Å²) >= 11 is 18.9. The van der Waals surface area contributed by atoms with Gasteiger partial charge in [-0.25, -0.2) is 8.42 Å². The van der Waals surface area contributed by atoms with Crippen LogP contribution in [0, 0.1) is 5.92 Å². The van der Waals surface area contributed by atoms with Crippen LogP contribution in [0.25, 0.3) is 0 Å². The largest absolute Gasteiger partial charge is 0.354 e. The Bertz CT molecular complexity index is 1470. The first-order valence-electron chi connectivity index (χ1n) is 13.6. The summed E-state index contributed by atoms with van der Waals surface area (Å²) in [4.78, 5) is 29.0. The summed E-state index contributed by atoms with van der Waals surface area (Å²) in [5.41, 5.74) is 1.84. The van der Waals surface area contributed by atoms with Crippen molar-refractivity contribution >= 4 is 62.3 Å². The van der Waals surface area contributed by atoms with E-state index in [9.17, 15) is 18.0 Å². The number of hydrogen-bond donors (Lipinski definition) is 1. The normalized spacial score (nSPS) is 12.2. The minimum absolute atomic E-state index is 0.00648. The molecule has 1 atom stereocenters. The quantitative estimate of drug-likeness (QED) is 0.213. The Morgan fingerprint density at radius 1 is 0.905 bits per heavy atom. The fourth-order valence-electron chi connectivity index (χ4n) is 4.45. The highest BCUT2D eigenvalue weighted by atomic mass is 35.5. The van der Waals surface area contributed by atoms with Crippen LogP contribution < -0.4 is 9.62 Å². The molecule has 0 spiro atoms. The van der Waals surface area contributed by atoms with E-state index in [0.717, 1.165) is 16.1 Å². The van der Waals surface area contributed by atoms with Gasteiger partial charge >= 0.3 is 0 Å². The van der Waals surface area contributed by atoms with Crippen molar-refractivity contribution in [1.29, 1.82) is 0 Å². The minimum Gasteiger partial charge on any atom is -0.354 e. The van der Waals surface area contributed by atoms with Crippen LogP contribution in [0.15, 0.2) is 72.8 Å². The summed E-state index contributed by atoms with van der Waals surface area (Å²) in [6.07, 6.45) is 1.54. The van der Waals surface area contributed by atoms with Crippen molar-refractivity contribution in [3.05, 3.63) is 99.0 Å². The molecule has 7 nitrogen and oxygen atoms in total. The van der Waals surface area contributed by atoms with Crippen LogP contribution in [-0.2, 0) is 32.6 Å². The van der Waals surface area contributed by atoms with E-state index in [1.807, 2.05) is 56.3 Å². The van der Waals surface area contributed by atoms with E-state index in [4.69, 9.17) is 34.8 Å². The van der Waals surface area contributed by atoms with E-state index in [1.165, 1.54) is 12.1 Å². The number of nitrogens with zero attached hydrogens (tertiary/aromatic N) is 2. The summed E-state index contributed by atoms with van der Waals surface area (Å²) in [5.74, 6) is -0.350. The lowest BCUT2D eigenvalue weighted by Gasteiger charge is -2.32. The minimum atomic E-state index is -3.73. The lowest BCUT2D eigenvalue weighted by atomic mass is 10.0. The summed E-state index contributed by atoms with van der Waals surface area (Å²) in [5, 5.41) is 4.02. The smallest absolute Gasteiger partial charge is 0.243 e. The van der Waals surface area contributed by atoms with Crippen molar-refractivity contribution in [1.82, 2.24) is 10.2 Å². The van der Waals surface area contributed by atoms with Gasteiger partial charge in [0.25, 0.3) is 0 Å². The van der Waals surface area contributed by atoms with Crippen LogP contribution >= 0.6 is 34.8 Å². The van der Waals surface area contributed by atoms with Crippen LogP contribution in [0.5, 0.6) is 0 Å². The Hall–Kier alpha value is -2.78. The molecule has 3 rings (SSSR count). The fraction of sp³-hybridized carbons (Fsp3) is 0.355. The van der Waals surface area contributed by atoms with E-state index < -0.39 is 16.1 Å². The zero-order valence-corrected chi connectivity index (χ0v) is 27.0. The standard InChI is InChI=1S/C31H36Cl3N3O4S/c1-22(2)20-35-31(39)29(18-23-10-5-4-6-11-23)36(21-24-12-7-8-13-26(24)33)30(38)14-9-17-37(42(3,40)41)28-19-25(32)15-16-27(28)34/h4-8,10-13,15-16,19,22,29H,9,14,17-18,20-21H2,1-3H3,(H,35,39)/t29-/m0/s1. The zero-order valence-electron chi connectivity index (χ0n) is 23.9. The predicted octanol–water partition coefficient (Wildman–Crippen LogP) is 6.61. The molecule has 3 aromatic rings. The second kappa shape index (κ2) is 15.6. The molecule has 0 aliphatic rings. The van der Waals surface area contributed by atoms with Crippen molar-refractivity contribution in [2.24, 2.45) is 5.92 Å². The average Bonchev–Trinajstić information content (AvgIpc) is 2.94. The number of halogens is 3. The molecule has 0 unspecified atom stereocenters. The molecule has 0 fully saturated rings. The average molecular weight is 653 g/mol. The van der Waals surface area contributed by atoms with Gasteiger partial charge < -0.3 is 10.2 Å². The first-order chi connectivity index (χ1) is 19.9. The number of benzene rings is 3. The maximum Gasteiger partial charge on any atom is 0.243 e. The van der Waals surface area contributed by atoms with E-state index in [-0.39, 0.29) is 54.4 Å². The Balaban J connectivity index is 1.91. The molecule has 1 N–H and O–H groups in total. The second-order valence-corrected chi connectivity index (χ2v) is 13.6. The van der Waals surface area contributed by atoms with Gasteiger partial charge in [-0.2, -0.15) is 0 Å². The molecule has 2 amide bonds. The third-order valence-corrected chi connectivity index (χ3v) is 8.69. The zero-order chi connectivity index (χ0) is 30.9. The summed E-state index contributed by atoms with van der Waals surface area (Å²) in [7, 11) is -3.73. The summed E-state index contributed by atoms with van der Waals surface area (Å²) in [6.45, 7) is 4.56. The van der Waals surface area contributed by atoms with Crippen LogP contribution in [-0.4, -0.2) is 50.5 Å². The molecule has 0 bridgehead atoms. The number of amides is 2. The molecule has 0 aromatic heterocycles. The molecule has 42 heavy (non-hydrogen) atoms. The predicted molar refractivity (Wildman–Crippen MR) is 172 cm³/mol. The van der Waals surface area contributed by atoms with Crippen molar-refractivity contribution in [3.8, 4) is 0 Å². The first-order valence-corrected chi connectivity index (χ1v) is 16.6. The Kier molecular flexibility index (Phi) is 12.5. The van der Waals surface area contributed by atoms with Gasteiger partial charge in [0.15, 0.2) is 0 Å². The van der Waals surface area contributed by atoms with E-state index in [1.54, 1.807) is 23.1 Å². The lowest BCUT2D eigenvalue weighted by Crippen LogP contribution is -2.51. The van der Waals surface area contributed by atoms with Gasteiger partial charge in [-0.15, -0.1) is 0 Å². The van der Waals surface area contributed by atoms with Crippen LogP contribution in [0.3, 0.4) is 0 Å². The molecule has 3 aromatic carbocycles. The monoisotopic (exact) mass is 651 g/mol. The van der Waals surface area contributed by atoms with Gasteiger partial charge in [-0.1, -0.05) is 97.2 Å². The summed E-state index contributed by atoms with van der Waals surface area (Å²) < 4.78 is 26.5. The van der Waals surface area contributed by atoms with Gasteiger partial charge in [-0.05, 0) is 47.7 Å². The fourth-order valence-corrected chi connectivity index (χ4v) is 6.05. The molecule has 0 aliphatic carbocycles. The Morgan fingerprint density at radius 2 is 1.57 bits per heavy atom. The number of nitrogens with one attached hydrogen (secondary N) is 1. The highest BCUT2D eigenvalue weighted by molar-refractivity contribution is 7.92. The van der Waals surface area contributed by atoms with Gasteiger partial charge in [0, 0.05) is 42.5 Å². The highest BCUT2D eigenvalue weighted by Crippen LogP contribution is 2.31. The molecular weight excluding hydrogens is 617 g/mol. The van der Waals surface area contributed by atoms with Gasteiger partial charge in [0.05, 0.1) is 17.0 Å². The van der Waals surface area contributed by atoms with Crippen LogP contribution in [0.1, 0.15) is 37.8 Å².